The van der Waals surface area contributed by atoms with E-state index in [0.717, 1.165) is 22.7 Å². The zero-order valence-electron chi connectivity index (χ0n) is 14.4. The van der Waals surface area contributed by atoms with Gasteiger partial charge in [0.25, 0.3) is 11.1 Å². The van der Waals surface area contributed by atoms with Gasteiger partial charge in [0.15, 0.2) is 0 Å². The molecule has 3 aromatic heterocycles. The summed E-state index contributed by atoms with van der Waals surface area (Å²) in [6.07, 6.45) is 3.39. The van der Waals surface area contributed by atoms with E-state index in [1.54, 1.807) is 35.3 Å². The Bertz CT molecular complexity index is 1090. The number of hydrogen-bond donors (Lipinski definition) is 2. The zero-order valence-corrected chi connectivity index (χ0v) is 16.9. The van der Waals surface area contributed by atoms with Crippen molar-refractivity contribution in [2.75, 3.05) is 26.4 Å². The fourth-order valence-corrected chi connectivity index (χ4v) is 5.08. The molecule has 0 aliphatic carbocycles. The second-order valence-corrected chi connectivity index (χ2v) is 9.18. The van der Waals surface area contributed by atoms with Crippen molar-refractivity contribution < 1.29 is 0 Å². The van der Waals surface area contributed by atoms with Gasteiger partial charge in [-0.05, 0) is 60.8 Å². The van der Waals surface area contributed by atoms with E-state index in [1.165, 1.54) is 15.5 Å². The average Bonchev–Trinajstić information content (AvgIpc) is 3.24. The summed E-state index contributed by atoms with van der Waals surface area (Å²) < 4.78 is 1.19. The molecule has 136 valence electrons. The van der Waals surface area contributed by atoms with Crippen molar-refractivity contribution in [3.05, 3.63) is 70.8 Å². The number of thiophene rings is 2. The standard InChI is InChI=1S/C18H19N3O2S3/c1-21(2)6-8-25-16-4-3-13(26-16)10-15-18(23)19-14(17(22)20-15)9-12-5-7-24-11-12/h3-5,7,9-11H,6,8H2,1-2H3,(H,19,23)(H,20,22)/b14-9-,15-10-. The van der Waals surface area contributed by atoms with Crippen LogP contribution in [0.25, 0.3) is 12.2 Å². The Balaban J connectivity index is 1.86. The number of H-pyrrole nitrogens is 2. The average molecular weight is 406 g/mol. The van der Waals surface area contributed by atoms with Gasteiger partial charge in [-0.15, -0.1) is 23.1 Å². The lowest BCUT2D eigenvalue weighted by Gasteiger charge is -2.07. The summed E-state index contributed by atoms with van der Waals surface area (Å²) in [7, 11) is 4.10. The van der Waals surface area contributed by atoms with Gasteiger partial charge in [0, 0.05) is 17.2 Å². The SMILES string of the molecule is CN(C)CCSc1ccc(/C=c2\[nH]c(=O)/c(=C/c3ccsc3)[nH]c2=O)s1. The fraction of sp³-hybridized carbons (Fsp3) is 0.222. The maximum absolute atomic E-state index is 12.3. The molecule has 0 aliphatic heterocycles. The molecule has 8 heteroatoms. The maximum Gasteiger partial charge on any atom is 0.272 e. The molecule has 0 unspecified atom stereocenters. The molecule has 0 aliphatic rings. The van der Waals surface area contributed by atoms with Gasteiger partial charge >= 0.3 is 0 Å². The monoisotopic (exact) mass is 405 g/mol. The minimum atomic E-state index is -0.306. The summed E-state index contributed by atoms with van der Waals surface area (Å²) in [5, 5.41) is 4.37. The van der Waals surface area contributed by atoms with Crippen molar-refractivity contribution in [2.45, 2.75) is 4.21 Å². The molecular weight excluding hydrogens is 386 g/mol. The lowest BCUT2D eigenvalue weighted by molar-refractivity contribution is 0.437. The third kappa shape index (κ3) is 5.07. The molecule has 0 saturated heterocycles. The first-order chi connectivity index (χ1) is 12.5. The van der Waals surface area contributed by atoms with Crippen LogP contribution in [0.3, 0.4) is 0 Å². The zero-order chi connectivity index (χ0) is 18.5. The van der Waals surface area contributed by atoms with Crippen LogP contribution in [0, 0.1) is 0 Å². The Morgan fingerprint density at radius 3 is 2.46 bits per heavy atom. The largest absolute Gasteiger partial charge is 0.316 e. The molecule has 26 heavy (non-hydrogen) atoms. The van der Waals surface area contributed by atoms with E-state index in [9.17, 15) is 9.59 Å². The lowest BCUT2D eigenvalue weighted by Crippen LogP contribution is -2.46. The summed E-state index contributed by atoms with van der Waals surface area (Å²) in [6, 6.07) is 5.90. The van der Waals surface area contributed by atoms with Gasteiger partial charge in [0.2, 0.25) is 0 Å². The van der Waals surface area contributed by atoms with Crippen LogP contribution in [-0.4, -0.2) is 41.3 Å². The molecule has 0 aromatic carbocycles. The summed E-state index contributed by atoms with van der Waals surface area (Å²) in [5.41, 5.74) is 0.283. The smallest absolute Gasteiger partial charge is 0.272 e. The quantitative estimate of drug-likeness (QED) is 0.610. The molecule has 0 fully saturated rings. The van der Waals surface area contributed by atoms with Gasteiger partial charge in [0.05, 0.1) is 4.21 Å². The van der Waals surface area contributed by atoms with E-state index in [2.05, 4.69) is 29.0 Å². The highest BCUT2D eigenvalue weighted by molar-refractivity contribution is 8.01. The van der Waals surface area contributed by atoms with Crippen LogP contribution in [0.15, 0.2) is 42.8 Å². The number of aromatic nitrogens is 2. The lowest BCUT2D eigenvalue weighted by atomic mass is 10.3. The summed E-state index contributed by atoms with van der Waals surface area (Å²) in [5.74, 6) is 1.01. The van der Waals surface area contributed by atoms with Crippen molar-refractivity contribution in [1.82, 2.24) is 14.9 Å². The summed E-state index contributed by atoms with van der Waals surface area (Å²) in [6.45, 7) is 1.01. The second-order valence-electron chi connectivity index (χ2n) is 5.89. The van der Waals surface area contributed by atoms with Crippen LogP contribution < -0.4 is 21.8 Å². The predicted molar refractivity (Wildman–Crippen MR) is 112 cm³/mol. The van der Waals surface area contributed by atoms with E-state index >= 15 is 0 Å². The van der Waals surface area contributed by atoms with Gasteiger partial charge in [-0.25, -0.2) is 0 Å². The number of nitrogens with zero attached hydrogens (tertiary/aromatic N) is 1. The van der Waals surface area contributed by atoms with Crippen LogP contribution in [0.2, 0.25) is 0 Å². The molecular formula is C18H19N3O2S3. The molecule has 0 bridgehead atoms. The fourth-order valence-electron chi connectivity index (χ4n) is 2.18. The van der Waals surface area contributed by atoms with Crippen LogP contribution in [-0.2, 0) is 0 Å². The van der Waals surface area contributed by atoms with Gasteiger partial charge in [-0.1, -0.05) is 0 Å². The first-order valence-corrected chi connectivity index (χ1v) is 10.7. The highest BCUT2D eigenvalue weighted by atomic mass is 32.2. The van der Waals surface area contributed by atoms with Crippen LogP contribution >= 0.6 is 34.4 Å². The van der Waals surface area contributed by atoms with Crippen molar-refractivity contribution in [3.63, 3.8) is 0 Å². The molecule has 5 nitrogen and oxygen atoms in total. The number of aromatic amines is 2. The van der Waals surface area contributed by atoms with E-state index in [0.29, 0.717) is 0 Å². The number of nitrogens with one attached hydrogen (secondary N) is 2. The highest BCUT2D eigenvalue weighted by Gasteiger charge is 2.01. The summed E-state index contributed by atoms with van der Waals surface area (Å²) in [4.78, 5) is 33.0. The van der Waals surface area contributed by atoms with Crippen LogP contribution in [0.1, 0.15) is 10.4 Å². The molecule has 3 aromatic rings. The predicted octanol–water partition coefficient (Wildman–Crippen LogP) is 1.50. The molecule has 0 atom stereocenters. The van der Waals surface area contributed by atoms with Crippen molar-refractivity contribution in [3.8, 4) is 0 Å². The van der Waals surface area contributed by atoms with Crippen LogP contribution in [0.5, 0.6) is 0 Å². The van der Waals surface area contributed by atoms with Gasteiger partial charge in [-0.3, -0.25) is 9.59 Å². The molecule has 3 heterocycles. The van der Waals surface area contributed by atoms with E-state index in [-0.39, 0.29) is 21.8 Å². The second kappa shape index (κ2) is 8.68. The third-order valence-electron chi connectivity index (χ3n) is 3.51. The Morgan fingerprint density at radius 2 is 1.81 bits per heavy atom. The van der Waals surface area contributed by atoms with E-state index in [1.807, 2.05) is 29.0 Å². The molecule has 3 rings (SSSR count). The normalized spacial score (nSPS) is 13.0. The molecule has 0 radical (unpaired) electrons. The molecule has 2 N–H and O–H groups in total. The molecule has 0 spiro atoms. The Hall–Kier alpha value is -1.87. The molecule has 0 amide bonds. The maximum atomic E-state index is 12.3. The first-order valence-electron chi connectivity index (χ1n) is 7.97. The van der Waals surface area contributed by atoms with Gasteiger partial charge < -0.3 is 14.9 Å². The van der Waals surface area contributed by atoms with Crippen LogP contribution in [0.4, 0.5) is 0 Å². The summed E-state index contributed by atoms with van der Waals surface area (Å²) >= 11 is 4.93. The Morgan fingerprint density at radius 1 is 1.08 bits per heavy atom. The first kappa shape index (κ1) is 18.9. The highest BCUT2D eigenvalue weighted by Crippen LogP contribution is 2.27. The topological polar surface area (TPSA) is 69.0 Å². The van der Waals surface area contributed by atoms with Crippen molar-refractivity contribution in [1.29, 1.82) is 0 Å². The number of hydrogen-bond acceptors (Lipinski definition) is 6. The molecule has 0 saturated carbocycles. The number of thioether (sulfide) groups is 1. The van der Waals surface area contributed by atoms with E-state index < -0.39 is 0 Å². The number of rotatable bonds is 6. The van der Waals surface area contributed by atoms with Crippen molar-refractivity contribution >= 4 is 46.6 Å². The minimum absolute atomic E-state index is 0.261. The van der Waals surface area contributed by atoms with Crippen molar-refractivity contribution in [2.24, 2.45) is 0 Å². The van der Waals surface area contributed by atoms with E-state index in [4.69, 9.17) is 0 Å². The third-order valence-corrected chi connectivity index (χ3v) is 6.45. The Labute approximate surface area is 162 Å². The Kier molecular flexibility index (Phi) is 6.31. The van der Waals surface area contributed by atoms with Gasteiger partial charge in [-0.2, -0.15) is 11.3 Å². The van der Waals surface area contributed by atoms with Gasteiger partial charge in [0.1, 0.15) is 10.7 Å². The minimum Gasteiger partial charge on any atom is -0.316 e.